The monoisotopic (exact) mass is 553 g/mol. The second-order valence-electron chi connectivity index (χ2n) is 10.1. The summed E-state index contributed by atoms with van der Waals surface area (Å²) >= 11 is 0. The lowest BCUT2D eigenvalue weighted by Gasteiger charge is -2.31. The molecule has 1 saturated heterocycles. The number of methoxy groups -OCH3 is 2. The fraction of sp³-hybridized carbons (Fsp3) is 0.467. The van der Waals surface area contributed by atoms with Gasteiger partial charge in [-0.1, -0.05) is 57.2 Å². The second-order valence-corrected chi connectivity index (χ2v) is 10.1. The van der Waals surface area contributed by atoms with Crippen molar-refractivity contribution < 1.29 is 33.4 Å². The Labute approximate surface area is 235 Å². The summed E-state index contributed by atoms with van der Waals surface area (Å²) in [6, 6.07) is 12.1. The Kier molecular flexibility index (Phi) is 11.1. The van der Waals surface area contributed by atoms with Crippen LogP contribution in [-0.2, 0) is 25.7 Å². The first-order valence-corrected chi connectivity index (χ1v) is 13.5. The fourth-order valence-electron chi connectivity index (χ4n) is 4.69. The number of carbonyl (C=O) groups excluding carboxylic acids is 4. The van der Waals surface area contributed by atoms with Crippen LogP contribution < -0.4 is 20.1 Å². The highest BCUT2D eigenvalue weighted by atomic mass is 16.5. The zero-order valence-corrected chi connectivity index (χ0v) is 23.7. The molecule has 10 heteroatoms. The number of aldehydes is 1. The number of para-hydroxylation sites is 1. The van der Waals surface area contributed by atoms with Crippen molar-refractivity contribution >= 4 is 24.0 Å². The Morgan fingerprint density at radius 1 is 1.02 bits per heavy atom. The molecule has 1 heterocycles. The maximum Gasteiger partial charge on any atom is 0.255 e. The van der Waals surface area contributed by atoms with Crippen LogP contribution in [0, 0.1) is 5.92 Å². The smallest absolute Gasteiger partial charge is 0.255 e. The number of rotatable bonds is 13. The molecule has 3 rings (SSSR count). The molecule has 0 radical (unpaired) electrons. The first-order chi connectivity index (χ1) is 19.2. The molecule has 2 aromatic carbocycles. The normalized spacial score (nSPS) is 18.1. The molecule has 1 fully saturated rings. The van der Waals surface area contributed by atoms with Crippen molar-refractivity contribution in [3.8, 4) is 11.5 Å². The van der Waals surface area contributed by atoms with E-state index in [0.29, 0.717) is 25.1 Å². The molecule has 4 atom stereocenters. The molecule has 40 heavy (non-hydrogen) atoms. The van der Waals surface area contributed by atoms with Crippen molar-refractivity contribution in [2.45, 2.75) is 64.4 Å². The van der Waals surface area contributed by atoms with E-state index in [2.05, 4.69) is 10.6 Å². The summed E-state index contributed by atoms with van der Waals surface area (Å²) in [4.78, 5) is 53.4. The van der Waals surface area contributed by atoms with Crippen LogP contribution in [0.15, 0.2) is 48.5 Å². The van der Waals surface area contributed by atoms with Gasteiger partial charge in [-0.3, -0.25) is 14.4 Å². The van der Waals surface area contributed by atoms with Gasteiger partial charge in [0.1, 0.15) is 18.4 Å². The van der Waals surface area contributed by atoms with E-state index in [4.69, 9.17) is 14.2 Å². The third kappa shape index (κ3) is 7.38. The van der Waals surface area contributed by atoms with Gasteiger partial charge in [0.05, 0.1) is 38.5 Å². The molecule has 0 spiro atoms. The summed E-state index contributed by atoms with van der Waals surface area (Å²) in [5, 5.41) is 5.56. The summed E-state index contributed by atoms with van der Waals surface area (Å²) < 4.78 is 16.8. The zero-order valence-electron chi connectivity index (χ0n) is 23.7. The molecule has 0 saturated carbocycles. The quantitative estimate of drug-likeness (QED) is 0.366. The average molecular weight is 554 g/mol. The van der Waals surface area contributed by atoms with Crippen LogP contribution in [0.2, 0.25) is 0 Å². The lowest BCUT2D eigenvalue weighted by atomic mass is 10.0. The average Bonchev–Trinajstić information content (AvgIpc) is 3.41. The molecule has 0 aromatic heterocycles. The lowest BCUT2D eigenvalue weighted by molar-refractivity contribution is -0.141. The molecule has 1 aliphatic rings. The van der Waals surface area contributed by atoms with Crippen molar-refractivity contribution in [2.24, 2.45) is 5.92 Å². The second kappa shape index (κ2) is 14.5. The zero-order chi connectivity index (χ0) is 29.2. The lowest BCUT2D eigenvalue weighted by Crippen LogP contribution is -2.56. The van der Waals surface area contributed by atoms with Crippen LogP contribution in [0.25, 0.3) is 0 Å². The van der Waals surface area contributed by atoms with Crippen molar-refractivity contribution in [1.29, 1.82) is 0 Å². The summed E-state index contributed by atoms with van der Waals surface area (Å²) in [7, 11) is 2.91. The number of likely N-dealkylation sites (tertiary alicyclic amines) is 1. The van der Waals surface area contributed by atoms with Gasteiger partial charge in [-0.2, -0.15) is 0 Å². The van der Waals surface area contributed by atoms with E-state index in [0.717, 1.165) is 5.56 Å². The molecule has 2 N–H and O–H groups in total. The molecule has 0 unspecified atom stereocenters. The Hall–Kier alpha value is -3.92. The Bertz CT molecular complexity index is 1170. The van der Waals surface area contributed by atoms with Gasteiger partial charge in [0.15, 0.2) is 11.5 Å². The number of nitrogens with zero attached hydrogens (tertiary/aromatic N) is 1. The van der Waals surface area contributed by atoms with E-state index < -0.39 is 42.0 Å². The minimum atomic E-state index is -0.931. The minimum absolute atomic E-state index is 0.170. The minimum Gasteiger partial charge on any atom is -0.493 e. The predicted molar refractivity (Wildman–Crippen MR) is 149 cm³/mol. The van der Waals surface area contributed by atoms with Crippen molar-refractivity contribution in [1.82, 2.24) is 15.5 Å². The highest BCUT2D eigenvalue weighted by Crippen LogP contribution is 2.31. The number of hydrogen-bond acceptors (Lipinski definition) is 7. The highest BCUT2D eigenvalue weighted by molar-refractivity contribution is 6.01. The Morgan fingerprint density at radius 2 is 1.75 bits per heavy atom. The van der Waals surface area contributed by atoms with Crippen molar-refractivity contribution in [2.75, 3.05) is 20.8 Å². The largest absolute Gasteiger partial charge is 0.493 e. The highest BCUT2D eigenvalue weighted by Gasteiger charge is 2.43. The molecule has 10 nitrogen and oxygen atoms in total. The van der Waals surface area contributed by atoms with Crippen molar-refractivity contribution in [3.05, 3.63) is 59.7 Å². The topological polar surface area (TPSA) is 123 Å². The molecule has 0 aliphatic carbocycles. The third-order valence-electron chi connectivity index (χ3n) is 6.98. The molecule has 1 aliphatic heterocycles. The number of benzene rings is 2. The van der Waals surface area contributed by atoms with Gasteiger partial charge in [0.25, 0.3) is 5.91 Å². The van der Waals surface area contributed by atoms with Crippen LogP contribution in [0.4, 0.5) is 0 Å². The number of ether oxygens (including phenoxy) is 3. The van der Waals surface area contributed by atoms with E-state index in [1.165, 1.54) is 19.1 Å². The standard InChI is InChI=1S/C30H39N3O7/c1-6-21(17-34)31-29(36)24-15-22(40-18-20-11-8-7-9-12-20)16-33(24)30(37)26(19(2)3)32-28(35)23-13-10-14-25(38-4)27(23)39-5/h7-14,17,19,21-22,24,26H,6,15-16,18H2,1-5H3,(H,31,36)(H,32,35)/t21-,22+,24-,26-/m0/s1. The van der Waals surface area contributed by atoms with Gasteiger partial charge in [-0.05, 0) is 30.0 Å². The summed E-state index contributed by atoms with van der Waals surface area (Å²) in [5.74, 6) is -0.995. The van der Waals surface area contributed by atoms with Gasteiger partial charge in [0, 0.05) is 13.0 Å². The van der Waals surface area contributed by atoms with Crippen LogP contribution in [-0.4, -0.2) is 73.9 Å². The van der Waals surface area contributed by atoms with E-state index in [1.54, 1.807) is 25.1 Å². The molecule has 216 valence electrons. The summed E-state index contributed by atoms with van der Waals surface area (Å²) in [6.45, 7) is 5.93. The maximum atomic E-state index is 13.9. The van der Waals surface area contributed by atoms with Crippen LogP contribution in [0.1, 0.15) is 49.5 Å². The van der Waals surface area contributed by atoms with Gasteiger partial charge in [-0.25, -0.2) is 0 Å². The van der Waals surface area contributed by atoms with Gasteiger partial charge in [0.2, 0.25) is 11.8 Å². The first kappa shape index (κ1) is 30.6. The maximum absolute atomic E-state index is 13.9. The summed E-state index contributed by atoms with van der Waals surface area (Å²) in [6.07, 6.45) is 0.971. The van der Waals surface area contributed by atoms with E-state index in [1.807, 2.05) is 44.2 Å². The van der Waals surface area contributed by atoms with Gasteiger partial charge in [-0.15, -0.1) is 0 Å². The Balaban J connectivity index is 1.83. The number of amides is 3. The number of hydrogen-bond donors (Lipinski definition) is 2. The van der Waals surface area contributed by atoms with Crippen LogP contribution in [0.5, 0.6) is 11.5 Å². The van der Waals surface area contributed by atoms with E-state index in [9.17, 15) is 19.2 Å². The van der Waals surface area contributed by atoms with E-state index >= 15 is 0 Å². The molecule has 3 amide bonds. The number of nitrogens with one attached hydrogen (secondary N) is 2. The molecular formula is C30H39N3O7. The molecular weight excluding hydrogens is 514 g/mol. The molecule has 0 bridgehead atoms. The van der Waals surface area contributed by atoms with Gasteiger partial charge >= 0.3 is 0 Å². The third-order valence-corrected chi connectivity index (χ3v) is 6.98. The number of carbonyl (C=O) groups is 4. The SMILES string of the molecule is CC[C@@H](C=O)NC(=O)[C@@H]1C[C@@H](OCc2ccccc2)CN1C(=O)[C@@H](NC(=O)c1cccc(OC)c1OC)C(C)C. The first-order valence-electron chi connectivity index (χ1n) is 13.5. The summed E-state index contributed by atoms with van der Waals surface area (Å²) in [5.41, 5.74) is 1.19. The predicted octanol–water partition coefficient (Wildman–Crippen LogP) is 2.74. The van der Waals surface area contributed by atoms with Crippen molar-refractivity contribution in [3.63, 3.8) is 0 Å². The van der Waals surface area contributed by atoms with Crippen LogP contribution in [0.3, 0.4) is 0 Å². The Morgan fingerprint density at radius 3 is 2.35 bits per heavy atom. The van der Waals surface area contributed by atoms with E-state index in [-0.39, 0.29) is 30.2 Å². The fourth-order valence-corrected chi connectivity index (χ4v) is 4.69. The molecule has 2 aromatic rings. The van der Waals surface area contributed by atoms with Gasteiger partial charge < -0.3 is 34.5 Å². The van der Waals surface area contributed by atoms with Crippen LogP contribution >= 0.6 is 0 Å².